The van der Waals surface area contributed by atoms with Gasteiger partial charge < -0.3 is 39.4 Å². The molecule has 8 aromatic rings. The number of anilines is 2. The van der Waals surface area contributed by atoms with Gasteiger partial charge in [0.25, 0.3) is 0 Å². The maximum atomic E-state index is 7.51. The fraction of sp³-hybridized carbons (Fsp3) is 0.222. The van der Waals surface area contributed by atoms with Crippen molar-refractivity contribution in [1.82, 2.24) is 9.13 Å². The minimum absolute atomic E-state index is 0.311. The van der Waals surface area contributed by atoms with Crippen LogP contribution in [0.15, 0.2) is 126 Å². The van der Waals surface area contributed by atoms with E-state index < -0.39 is 0 Å². The predicted molar refractivity (Wildman–Crippen MR) is 275 cm³/mol. The maximum absolute atomic E-state index is 7.51. The van der Waals surface area contributed by atoms with Crippen molar-refractivity contribution in [2.24, 2.45) is 0 Å². The highest BCUT2D eigenvalue weighted by atomic mass is 79.9. The van der Waals surface area contributed by atoms with Gasteiger partial charge in [-0.3, -0.25) is 0 Å². The minimum Gasteiger partial charge on any atom is -0.497 e. The summed E-state index contributed by atoms with van der Waals surface area (Å²) in [6, 6.07) is 35.7. The molecule has 9 rings (SSSR count). The zero-order chi connectivity index (χ0) is 47.7. The van der Waals surface area contributed by atoms with Gasteiger partial charge in [0.1, 0.15) is 11.5 Å². The normalized spacial score (nSPS) is 13.6. The topological polar surface area (TPSA) is 108 Å². The minimum atomic E-state index is -0.330. The predicted octanol–water partition coefficient (Wildman–Crippen LogP) is 13.2. The average Bonchev–Trinajstić information content (AvgIpc) is 3.90. The summed E-state index contributed by atoms with van der Waals surface area (Å²) in [5, 5.41) is 2.09. The largest absolute Gasteiger partial charge is 0.497 e. The number of aromatic nitrogens is 2. The van der Waals surface area contributed by atoms with Crippen molar-refractivity contribution in [2.45, 2.75) is 66.6 Å². The van der Waals surface area contributed by atoms with Crippen LogP contribution in [0.25, 0.3) is 54.0 Å². The number of halogens is 1. The number of ether oxygens (including phenoxy) is 2. The molecule has 10 nitrogen and oxygen atoms in total. The molecule has 66 heavy (non-hydrogen) atoms. The summed E-state index contributed by atoms with van der Waals surface area (Å²) >= 11 is 3.58. The van der Waals surface area contributed by atoms with Crippen LogP contribution in [0.1, 0.15) is 49.9 Å². The second-order valence-corrected chi connectivity index (χ2v) is 18.2. The Balaban J connectivity index is 0.000000152. The SMILES string of the molecule is Cc1c(N)cccc1B1OC(C)(C)C(C)(C)O1.[C-]#[N+]c1cc2c(-c3cccc(N)c3C)cn(-c3ccc(OC)cc3)c2cc1C.[C-]#[N+]c1cc2c(Br)cn(-c3ccc(OC)cc3)c2cc1C. The van der Waals surface area contributed by atoms with E-state index in [2.05, 4.69) is 86.8 Å². The van der Waals surface area contributed by atoms with Crippen molar-refractivity contribution in [2.75, 3.05) is 25.7 Å². The van der Waals surface area contributed by atoms with Crippen LogP contribution in [-0.4, -0.2) is 41.7 Å². The number of benzene rings is 6. The highest BCUT2D eigenvalue weighted by molar-refractivity contribution is 9.10. The molecular formula is C54H54BBrN6O4. The Hall–Kier alpha value is -6.96. The average molecular weight is 942 g/mol. The van der Waals surface area contributed by atoms with Gasteiger partial charge >= 0.3 is 7.12 Å². The van der Waals surface area contributed by atoms with Crippen LogP contribution in [0.2, 0.25) is 0 Å². The van der Waals surface area contributed by atoms with Crippen molar-refractivity contribution < 1.29 is 18.8 Å². The lowest BCUT2D eigenvalue weighted by atomic mass is 9.76. The summed E-state index contributed by atoms with van der Waals surface area (Å²) in [5.74, 6) is 1.65. The Morgan fingerprint density at radius 1 is 0.591 bits per heavy atom. The van der Waals surface area contributed by atoms with Gasteiger partial charge in [-0.2, -0.15) is 0 Å². The summed E-state index contributed by atoms with van der Waals surface area (Å²) in [7, 11) is 2.99. The number of aryl methyl sites for hydroxylation is 2. The van der Waals surface area contributed by atoms with Gasteiger partial charge in [0.15, 0.2) is 11.4 Å². The van der Waals surface area contributed by atoms with Gasteiger partial charge in [0.05, 0.1) is 49.6 Å². The van der Waals surface area contributed by atoms with E-state index >= 15 is 0 Å². The molecule has 0 aliphatic carbocycles. The molecule has 3 heterocycles. The lowest BCUT2D eigenvalue weighted by Crippen LogP contribution is -2.41. The molecule has 1 aliphatic heterocycles. The van der Waals surface area contributed by atoms with Gasteiger partial charge in [0.2, 0.25) is 0 Å². The van der Waals surface area contributed by atoms with Gasteiger partial charge in [-0.1, -0.05) is 24.3 Å². The quantitative estimate of drug-likeness (QED) is 0.0977. The second-order valence-electron chi connectivity index (χ2n) is 17.4. The molecule has 0 amide bonds. The Kier molecular flexibility index (Phi) is 13.4. The Labute approximate surface area is 396 Å². The third-order valence-corrected chi connectivity index (χ3v) is 13.4. The van der Waals surface area contributed by atoms with Crippen LogP contribution >= 0.6 is 15.9 Å². The molecule has 12 heteroatoms. The number of hydrogen-bond donors (Lipinski definition) is 2. The first kappa shape index (κ1) is 47.0. The van der Waals surface area contributed by atoms with E-state index in [-0.39, 0.29) is 18.3 Å². The molecule has 0 unspecified atom stereocenters. The molecule has 1 aliphatic rings. The van der Waals surface area contributed by atoms with E-state index in [1.807, 2.05) is 125 Å². The number of nitrogens with two attached hydrogens (primary N) is 2. The molecule has 0 atom stereocenters. The lowest BCUT2D eigenvalue weighted by Gasteiger charge is -2.32. The Morgan fingerprint density at radius 2 is 1.05 bits per heavy atom. The Morgan fingerprint density at radius 3 is 1.55 bits per heavy atom. The molecule has 0 spiro atoms. The zero-order valence-corrected chi connectivity index (χ0v) is 40.7. The number of hydrogen-bond acceptors (Lipinski definition) is 6. The van der Waals surface area contributed by atoms with Crippen molar-refractivity contribution in [3.8, 4) is 34.0 Å². The molecular weight excluding hydrogens is 887 g/mol. The molecule has 1 saturated heterocycles. The molecule has 0 saturated carbocycles. The van der Waals surface area contributed by atoms with E-state index in [1.54, 1.807) is 14.2 Å². The smallest absolute Gasteiger partial charge is 0.495 e. The second kappa shape index (κ2) is 18.9. The number of fused-ring (bicyclic) bond motifs is 2. The van der Waals surface area contributed by atoms with Gasteiger partial charge in [0, 0.05) is 50.6 Å². The van der Waals surface area contributed by atoms with E-state index in [9.17, 15) is 0 Å². The summed E-state index contributed by atoms with van der Waals surface area (Å²) in [6.07, 6.45) is 4.15. The van der Waals surface area contributed by atoms with E-state index in [1.165, 1.54) is 0 Å². The van der Waals surface area contributed by atoms with E-state index in [4.69, 9.17) is 43.4 Å². The number of nitrogen functional groups attached to an aromatic ring is 2. The summed E-state index contributed by atoms with van der Waals surface area (Å²) in [4.78, 5) is 7.27. The number of methoxy groups -OCH3 is 2. The van der Waals surface area contributed by atoms with Crippen molar-refractivity contribution in [3.63, 3.8) is 0 Å². The van der Waals surface area contributed by atoms with E-state index in [0.717, 1.165) is 99.4 Å². The third-order valence-electron chi connectivity index (χ3n) is 12.7. The Bertz CT molecular complexity index is 3160. The van der Waals surface area contributed by atoms with Gasteiger partial charge in [-0.15, -0.1) is 0 Å². The highest BCUT2D eigenvalue weighted by Gasteiger charge is 2.52. The number of nitrogens with zero attached hydrogens (tertiary/aromatic N) is 4. The highest BCUT2D eigenvalue weighted by Crippen LogP contribution is 2.40. The molecule has 4 N–H and O–H groups in total. The standard InChI is InChI=1S/C24H21N3O.C17H13BrN2O.C13H20BNO2/c1-15-12-24-20(13-23(15)26-3)21(19-6-5-7-22(25)16(19)2)14-27(24)17-8-10-18(28-4)11-9-17;1-11-8-17-14(9-16(11)19-2)15(18)10-20(17)12-4-6-13(21-3)7-5-12;1-9-10(7-6-8-11(9)15)14-16-12(2,3)13(4,5)17-14/h5-14H,25H2,1-2,4H3;4-10H,1,3H3;6-8H,15H2,1-5H3. The van der Waals surface area contributed by atoms with Crippen molar-refractivity contribution in [3.05, 3.63) is 171 Å². The van der Waals surface area contributed by atoms with Crippen molar-refractivity contribution in [1.29, 1.82) is 0 Å². The van der Waals surface area contributed by atoms with Gasteiger partial charge in [-0.25, -0.2) is 9.69 Å². The zero-order valence-electron chi connectivity index (χ0n) is 39.1. The van der Waals surface area contributed by atoms with Gasteiger partial charge in [-0.05, 0) is 195 Å². The monoisotopic (exact) mass is 940 g/mol. The maximum Gasteiger partial charge on any atom is 0.495 e. The van der Waals surface area contributed by atoms with Crippen LogP contribution in [0, 0.1) is 40.8 Å². The molecule has 2 aromatic heterocycles. The summed E-state index contributed by atoms with van der Waals surface area (Å²) in [6.45, 7) is 30.9. The van der Waals surface area contributed by atoms with Crippen LogP contribution in [0.3, 0.4) is 0 Å². The van der Waals surface area contributed by atoms with Crippen LogP contribution in [-0.2, 0) is 9.31 Å². The fourth-order valence-corrected chi connectivity index (χ4v) is 8.42. The summed E-state index contributed by atoms with van der Waals surface area (Å²) in [5.41, 5.74) is 25.8. The van der Waals surface area contributed by atoms with Crippen molar-refractivity contribution >= 4 is 73.1 Å². The first-order chi connectivity index (χ1) is 31.4. The first-order valence-corrected chi connectivity index (χ1v) is 22.3. The summed E-state index contributed by atoms with van der Waals surface area (Å²) < 4.78 is 27.8. The third kappa shape index (κ3) is 9.14. The fourth-order valence-electron chi connectivity index (χ4n) is 7.90. The van der Waals surface area contributed by atoms with Crippen LogP contribution in [0.5, 0.6) is 11.5 Å². The number of rotatable bonds is 6. The molecule has 0 radical (unpaired) electrons. The molecule has 6 aromatic carbocycles. The molecule has 334 valence electrons. The van der Waals surface area contributed by atoms with Crippen LogP contribution < -0.4 is 26.4 Å². The lowest BCUT2D eigenvalue weighted by molar-refractivity contribution is 0.00578. The molecule has 0 bridgehead atoms. The van der Waals surface area contributed by atoms with E-state index in [0.29, 0.717) is 11.4 Å². The molecule has 1 fully saturated rings. The first-order valence-electron chi connectivity index (χ1n) is 21.5. The van der Waals surface area contributed by atoms with Crippen LogP contribution in [0.4, 0.5) is 22.7 Å².